The van der Waals surface area contributed by atoms with Crippen LogP contribution in [0.3, 0.4) is 0 Å². The molecule has 0 bridgehead atoms. The monoisotopic (exact) mass is 388 g/mol. The number of fused-ring (bicyclic) bond motifs is 1. The maximum Gasteiger partial charge on any atom is 0.248 e. The van der Waals surface area contributed by atoms with Gasteiger partial charge in [0.05, 0.1) is 11.3 Å². The molecule has 4 aromatic rings. The summed E-state index contributed by atoms with van der Waals surface area (Å²) in [5.41, 5.74) is 4.77. The Morgan fingerprint density at radius 2 is 1.86 bits per heavy atom. The number of nitrogens with zero attached hydrogens (tertiary/aromatic N) is 1. The molecule has 0 spiro atoms. The number of para-hydroxylation sites is 1. The lowest BCUT2D eigenvalue weighted by atomic mass is 10.1. The van der Waals surface area contributed by atoms with Crippen LogP contribution in [-0.4, -0.2) is 10.9 Å². The molecule has 0 aliphatic rings. The van der Waals surface area contributed by atoms with Crippen molar-refractivity contribution < 1.29 is 9.21 Å². The third-order valence-electron chi connectivity index (χ3n) is 4.27. The average Bonchev–Trinajstić information content (AvgIpc) is 3.11. The first kappa shape index (κ1) is 18.0. The Balaban J connectivity index is 1.58. The number of amides is 1. The van der Waals surface area contributed by atoms with Crippen molar-refractivity contribution in [3.05, 3.63) is 89.0 Å². The lowest BCUT2D eigenvalue weighted by Gasteiger charge is -2.06. The van der Waals surface area contributed by atoms with Crippen molar-refractivity contribution in [3.63, 3.8) is 0 Å². The number of halogens is 1. The average molecular weight is 389 g/mol. The molecule has 1 heterocycles. The van der Waals surface area contributed by atoms with Gasteiger partial charge in [-0.15, -0.1) is 0 Å². The molecular weight excluding hydrogens is 372 g/mol. The van der Waals surface area contributed by atoms with E-state index in [1.807, 2.05) is 55.5 Å². The summed E-state index contributed by atoms with van der Waals surface area (Å²) in [6.07, 6.45) is 3.28. The molecule has 0 atom stereocenters. The summed E-state index contributed by atoms with van der Waals surface area (Å²) >= 11 is 6.02. The van der Waals surface area contributed by atoms with Crippen LogP contribution in [-0.2, 0) is 4.79 Å². The van der Waals surface area contributed by atoms with E-state index in [1.165, 1.54) is 11.6 Å². The number of rotatable bonds is 4. The lowest BCUT2D eigenvalue weighted by molar-refractivity contribution is -0.111. The van der Waals surface area contributed by atoms with Crippen molar-refractivity contribution >= 4 is 40.4 Å². The zero-order valence-corrected chi connectivity index (χ0v) is 15.9. The first-order chi connectivity index (χ1) is 13.6. The molecule has 5 heteroatoms. The first-order valence-electron chi connectivity index (χ1n) is 8.80. The predicted octanol–water partition coefficient (Wildman–Crippen LogP) is 6.11. The Morgan fingerprint density at radius 3 is 2.68 bits per heavy atom. The highest BCUT2D eigenvalue weighted by molar-refractivity contribution is 6.31. The fourth-order valence-electron chi connectivity index (χ4n) is 2.82. The predicted molar refractivity (Wildman–Crippen MR) is 113 cm³/mol. The molecule has 1 aromatic heterocycles. The summed E-state index contributed by atoms with van der Waals surface area (Å²) in [6.45, 7) is 2.02. The van der Waals surface area contributed by atoms with Gasteiger partial charge in [-0.1, -0.05) is 53.6 Å². The van der Waals surface area contributed by atoms with Crippen molar-refractivity contribution in [1.29, 1.82) is 0 Å². The maximum absolute atomic E-state index is 12.4. The quantitative estimate of drug-likeness (QED) is 0.429. The molecule has 0 aliphatic carbocycles. The van der Waals surface area contributed by atoms with Crippen molar-refractivity contribution in [2.24, 2.45) is 0 Å². The molecule has 0 saturated heterocycles. The molecule has 28 heavy (non-hydrogen) atoms. The Labute approximate surface area is 167 Å². The largest absolute Gasteiger partial charge is 0.436 e. The number of benzene rings is 3. The van der Waals surface area contributed by atoms with E-state index in [0.29, 0.717) is 33.3 Å². The molecule has 1 amide bonds. The minimum Gasteiger partial charge on any atom is -0.436 e. The van der Waals surface area contributed by atoms with Gasteiger partial charge in [0, 0.05) is 11.1 Å². The van der Waals surface area contributed by atoms with E-state index in [0.717, 1.165) is 5.56 Å². The molecule has 4 nitrogen and oxygen atoms in total. The minimum absolute atomic E-state index is 0.229. The van der Waals surface area contributed by atoms with Gasteiger partial charge >= 0.3 is 0 Å². The molecule has 0 unspecified atom stereocenters. The second-order valence-electron chi connectivity index (χ2n) is 6.41. The minimum atomic E-state index is -0.229. The van der Waals surface area contributed by atoms with Crippen LogP contribution in [0.25, 0.3) is 28.6 Å². The lowest BCUT2D eigenvalue weighted by Crippen LogP contribution is -2.08. The van der Waals surface area contributed by atoms with E-state index in [-0.39, 0.29) is 5.91 Å². The summed E-state index contributed by atoms with van der Waals surface area (Å²) in [6, 6.07) is 20.6. The van der Waals surface area contributed by atoms with Gasteiger partial charge in [0.15, 0.2) is 5.58 Å². The number of aromatic nitrogens is 1. The Hall–Kier alpha value is -3.37. The van der Waals surface area contributed by atoms with E-state index in [1.54, 1.807) is 24.3 Å². The number of hydrogen-bond acceptors (Lipinski definition) is 3. The number of hydrogen-bond donors (Lipinski definition) is 1. The summed E-state index contributed by atoms with van der Waals surface area (Å²) in [4.78, 5) is 16.9. The second-order valence-corrected chi connectivity index (χ2v) is 6.85. The SMILES string of the molecule is Cc1ccc(C=CC(=O)Nc2ccccc2-c2nc3cc(Cl)ccc3o2)cc1. The van der Waals surface area contributed by atoms with Gasteiger partial charge < -0.3 is 9.73 Å². The highest BCUT2D eigenvalue weighted by Gasteiger charge is 2.13. The van der Waals surface area contributed by atoms with E-state index in [2.05, 4.69) is 10.3 Å². The topological polar surface area (TPSA) is 55.1 Å². The van der Waals surface area contributed by atoms with Gasteiger partial charge in [0.2, 0.25) is 11.8 Å². The van der Waals surface area contributed by atoms with Gasteiger partial charge in [0.25, 0.3) is 0 Å². The smallest absolute Gasteiger partial charge is 0.248 e. The van der Waals surface area contributed by atoms with E-state index < -0.39 is 0 Å². The third-order valence-corrected chi connectivity index (χ3v) is 4.50. The van der Waals surface area contributed by atoms with Crippen LogP contribution < -0.4 is 5.32 Å². The van der Waals surface area contributed by atoms with Gasteiger partial charge in [-0.2, -0.15) is 0 Å². The highest BCUT2D eigenvalue weighted by atomic mass is 35.5. The summed E-state index contributed by atoms with van der Waals surface area (Å²) in [5.74, 6) is 0.197. The fourth-order valence-corrected chi connectivity index (χ4v) is 2.98. The molecule has 0 radical (unpaired) electrons. The molecule has 4 rings (SSSR count). The Kier molecular flexibility index (Phi) is 4.96. The molecule has 1 N–H and O–H groups in total. The van der Waals surface area contributed by atoms with Crippen molar-refractivity contribution in [3.8, 4) is 11.5 Å². The van der Waals surface area contributed by atoms with Gasteiger partial charge in [-0.25, -0.2) is 4.98 Å². The first-order valence-corrected chi connectivity index (χ1v) is 9.17. The van der Waals surface area contributed by atoms with E-state index in [9.17, 15) is 4.79 Å². The van der Waals surface area contributed by atoms with Gasteiger partial charge in [-0.3, -0.25) is 4.79 Å². The molecule has 0 fully saturated rings. The van der Waals surface area contributed by atoms with Gasteiger partial charge in [-0.05, 0) is 48.9 Å². The van der Waals surface area contributed by atoms with Crippen LogP contribution >= 0.6 is 11.6 Å². The zero-order valence-electron chi connectivity index (χ0n) is 15.1. The fraction of sp³-hybridized carbons (Fsp3) is 0.0435. The number of anilines is 1. The van der Waals surface area contributed by atoms with Crippen LogP contribution in [0.4, 0.5) is 5.69 Å². The third kappa shape index (κ3) is 3.97. The van der Waals surface area contributed by atoms with Gasteiger partial charge in [0.1, 0.15) is 5.52 Å². The van der Waals surface area contributed by atoms with Crippen molar-refractivity contribution in [1.82, 2.24) is 4.98 Å². The number of nitrogens with one attached hydrogen (secondary N) is 1. The molecule has 3 aromatic carbocycles. The van der Waals surface area contributed by atoms with E-state index >= 15 is 0 Å². The molecular formula is C23H17ClN2O2. The maximum atomic E-state index is 12.4. The van der Waals surface area contributed by atoms with Crippen molar-refractivity contribution in [2.75, 3.05) is 5.32 Å². The van der Waals surface area contributed by atoms with Crippen LogP contribution in [0.1, 0.15) is 11.1 Å². The number of carbonyl (C=O) groups is 1. The van der Waals surface area contributed by atoms with E-state index in [4.69, 9.17) is 16.0 Å². The second kappa shape index (κ2) is 7.71. The van der Waals surface area contributed by atoms with Crippen LogP contribution in [0.15, 0.2) is 77.2 Å². The molecule has 0 saturated carbocycles. The number of oxazole rings is 1. The standard InChI is InChI=1S/C23H17ClN2O2/c1-15-6-8-16(9-7-15)10-13-22(27)25-19-5-3-2-4-18(19)23-26-20-14-17(24)11-12-21(20)28-23/h2-14H,1H3,(H,25,27). The normalized spacial score (nSPS) is 11.2. The van der Waals surface area contributed by atoms with Crippen LogP contribution in [0.5, 0.6) is 0 Å². The zero-order chi connectivity index (χ0) is 19.5. The number of aryl methyl sites for hydroxylation is 1. The number of carbonyl (C=O) groups excluding carboxylic acids is 1. The highest BCUT2D eigenvalue weighted by Crippen LogP contribution is 2.31. The Morgan fingerprint density at radius 1 is 1.07 bits per heavy atom. The Bertz CT molecular complexity index is 1180. The van der Waals surface area contributed by atoms with Crippen molar-refractivity contribution in [2.45, 2.75) is 6.92 Å². The summed E-state index contributed by atoms with van der Waals surface area (Å²) in [7, 11) is 0. The summed E-state index contributed by atoms with van der Waals surface area (Å²) < 4.78 is 5.83. The molecule has 0 aliphatic heterocycles. The summed E-state index contributed by atoms with van der Waals surface area (Å²) in [5, 5.41) is 3.49. The molecule has 138 valence electrons. The van der Waals surface area contributed by atoms with Crippen LogP contribution in [0.2, 0.25) is 5.02 Å². The van der Waals surface area contributed by atoms with Crippen LogP contribution in [0, 0.1) is 6.92 Å².